The normalized spacial score (nSPS) is 24.7. The minimum atomic E-state index is 0. The summed E-state index contributed by atoms with van der Waals surface area (Å²) >= 11 is 0. The number of hydrogen-bond donors (Lipinski definition) is 1. The summed E-state index contributed by atoms with van der Waals surface area (Å²) in [5.74, 6) is 1.54. The van der Waals surface area contributed by atoms with Gasteiger partial charge in [0.2, 0.25) is 5.89 Å². The standard InChI is InChI=1S/C11H18N4O.ClH/c1-2-7-15(8-3-1)11-13-10(16-14-11)9-5-4-6-12-9;/h9,12H,1-8H2;1H/t9-;/m0./s1. The molecule has 2 saturated heterocycles. The summed E-state index contributed by atoms with van der Waals surface area (Å²) in [4.78, 5) is 6.73. The van der Waals surface area contributed by atoms with Crippen molar-refractivity contribution in [1.82, 2.24) is 15.5 Å². The molecule has 0 aliphatic carbocycles. The van der Waals surface area contributed by atoms with Crippen LogP contribution in [0.3, 0.4) is 0 Å². The third-order valence-electron chi connectivity index (χ3n) is 3.43. The van der Waals surface area contributed by atoms with Gasteiger partial charge in [0.15, 0.2) is 0 Å². The Morgan fingerprint density at radius 1 is 1.18 bits per heavy atom. The molecule has 2 aliphatic heterocycles. The molecule has 2 aliphatic rings. The van der Waals surface area contributed by atoms with Crippen LogP contribution < -0.4 is 10.2 Å². The van der Waals surface area contributed by atoms with Gasteiger partial charge in [-0.2, -0.15) is 4.98 Å². The number of anilines is 1. The first kappa shape index (κ1) is 12.6. The first-order chi connectivity index (χ1) is 7.93. The maximum atomic E-state index is 5.34. The average Bonchev–Trinajstić information content (AvgIpc) is 3.01. The van der Waals surface area contributed by atoms with E-state index < -0.39 is 0 Å². The molecule has 96 valence electrons. The second-order valence-corrected chi connectivity index (χ2v) is 4.63. The van der Waals surface area contributed by atoms with Gasteiger partial charge in [0.05, 0.1) is 6.04 Å². The van der Waals surface area contributed by atoms with Crippen LogP contribution in [0.5, 0.6) is 0 Å². The molecule has 0 spiro atoms. The molecule has 1 aromatic rings. The fraction of sp³-hybridized carbons (Fsp3) is 0.818. The molecule has 6 heteroatoms. The molecule has 3 rings (SSSR count). The lowest BCUT2D eigenvalue weighted by Crippen LogP contribution is -2.30. The van der Waals surface area contributed by atoms with Crippen molar-refractivity contribution >= 4 is 18.4 Å². The van der Waals surface area contributed by atoms with E-state index in [0.29, 0.717) is 0 Å². The first-order valence-corrected chi connectivity index (χ1v) is 6.25. The fourth-order valence-electron chi connectivity index (χ4n) is 2.49. The molecule has 0 amide bonds. The number of piperidine rings is 1. The first-order valence-electron chi connectivity index (χ1n) is 6.25. The van der Waals surface area contributed by atoms with Crippen molar-refractivity contribution in [2.45, 2.75) is 38.1 Å². The van der Waals surface area contributed by atoms with Gasteiger partial charge >= 0.3 is 0 Å². The van der Waals surface area contributed by atoms with Crippen molar-refractivity contribution in [1.29, 1.82) is 0 Å². The largest absolute Gasteiger partial charge is 0.338 e. The van der Waals surface area contributed by atoms with Crippen LogP contribution in [0.2, 0.25) is 0 Å². The predicted octanol–water partition coefficient (Wildman–Crippen LogP) is 1.91. The summed E-state index contributed by atoms with van der Waals surface area (Å²) < 4.78 is 5.34. The van der Waals surface area contributed by atoms with Gasteiger partial charge in [-0.25, -0.2) is 0 Å². The van der Waals surface area contributed by atoms with Gasteiger partial charge < -0.3 is 14.7 Å². The van der Waals surface area contributed by atoms with Gasteiger partial charge in [-0.05, 0) is 43.8 Å². The van der Waals surface area contributed by atoms with Gasteiger partial charge in [-0.15, -0.1) is 12.4 Å². The quantitative estimate of drug-likeness (QED) is 0.878. The van der Waals surface area contributed by atoms with Crippen LogP contribution in [0.15, 0.2) is 4.52 Å². The Kier molecular flexibility index (Phi) is 4.23. The van der Waals surface area contributed by atoms with Gasteiger partial charge in [-0.1, -0.05) is 0 Å². The molecule has 1 aromatic heterocycles. The van der Waals surface area contributed by atoms with Crippen molar-refractivity contribution in [3.63, 3.8) is 0 Å². The van der Waals surface area contributed by atoms with E-state index >= 15 is 0 Å². The molecule has 0 saturated carbocycles. The van der Waals surface area contributed by atoms with Crippen LogP contribution in [0.4, 0.5) is 5.95 Å². The smallest absolute Gasteiger partial charge is 0.266 e. The second-order valence-electron chi connectivity index (χ2n) is 4.63. The highest BCUT2D eigenvalue weighted by Crippen LogP contribution is 2.24. The van der Waals surface area contributed by atoms with Crippen LogP contribution >= 0.6 is 12.4 Å². The molecule has 0 aromatic carbocycles. The highest BCUT2D eigenvalue weighted by molar-refractivity contribution is 5.85. The van der Waals surface area contributed by atoms with Crippen LogP contribution in [-0.4, -0.2) is 29.8 Å². The number of nitrogens with zero attached hydrogens (tertiary/aromatic N) is 3. The number of rotatable bonds is 2. The number of hydrogen-bond acceptors (Lipinski definition) is 5. The van der Waals surface area contributed by atoms with E-state index in [1.54, 1.807) is 0 Å². The lowest BCUT2D eigenvalue weighted by Gasteiger charge is -2.24. The Bertz CT molecular complexity index is 345. The Morgan fingerprint density at radius 2 is 2.00 bits per heavy atom. The third-order valence-corrected chi connectivity index (χ3v) is 3.43. The van der Waals surface area contributed by atoms with E-state index in [1.807, 2.05) is 0 Å². The number of halogens is 1. The summed E-state index contributed by atoms with van der Waals surface area (Å²) in [6, 6.07) is 0.283. The zero-order chi connectivity index (χ0) is 10.8. The van der Waals surface area contributed by atoms with Gasteiger partial charge in [-0.3, -0.25) is 0 Å². The Hall–Kier alpha value is -0.810. The highest BCUT2D eigenvalue weighted by Gasteiger charge is 2.24. The molecule has 17 heavy (non-hydrogen) atoms. The van der Waals surface area contributed by atoms with Crippen molar-refractivity contribution < 1.29 is 4.52 Å². The van der Waals surface area contributed by atoms with E-state index in [2.05, 4.69) is 20.4 Å². The topological polar surface area (TPSA) is 54.2 Å². The van der Waals surface area contributed by atoms with Crippen molar-refractivity contribution in [3.8, 4) is 0 Å². The fourth-order valence-corrected chi connectivity index (χ4v) is 2.49. The second kappa shape index (κ2) is 5.69. The van der Waals surface area contributed by atoms with E-state index in [1.165, 1.54) is 25.7 Å². The molecule has 5 nitrogen and oxygen atoms in total. The molecule has 2 fully saturated rings. The Morgan fingerprint density at radius 3 is 2.71 bits per heavy atom. The zero-order valence-corrected chi connectivity index (χ0v) is 10.7. The molecular weight excluding hydrogens is 240 g/mol. The molecule has 0 radical (unpaired) electrons. The van der Waals surface area contributed by atoms with Crippen LogP contribution in [0, 0.1) is 0 Å². The number of aromatic nitrogens is 2. The van der Waals surface area contributed by atoms with Gasteiger partial charge in [0, 0.05) is 13.1 Å². The minimum absolute atomic E-state index is 0. The lowest BCUT2D eigenvalue weighted by molar-refractivity contribution is 0.343. The average molecular weight is 259 g/mol. The highest BCUT2D eigenvalue weighted by atomic mass is 35.5. The summed E-state index contributed by atoms with van der Waals surface area (Å²) in [6.45, 7) is 3.19. The van der Waals surface area contributed by atoms with Crippen molar-refractivity contribution in [2.24, 2.45) is 0 Å². The predicted molar refractivity (Wildman–Crippen MR) is 67.6 cm³/mol. The maximum Gasteiger partial charge on any atom is 0.266 e. The summed E-state index contributed by atoms with van der Waals surface area (Å²) in [5, 5.41) is 7.46. The number of nitrogens with one attached hydrogen (secondary N) is 1. The lowest BCUT2D eigenvalue weighted by atomic mass is 10.1. The van der Waals surface area contributed by atoms with E-state index in [0.717, 1.165) is 37.9 Å². The zero-order valence-electron chi connectivity index (χ0n) is 9.89. The maximum absolute atomic E-state index is 5.34. The monoisotopic (exact) mass is 258 g/mol. The van der Waals surface area contributed by atoms with E-state index in [-0.39, 0.29) is 18.4 Å². The molecular formula is C11H19ClN4O. The minimum Gasteiger partial charge on any atom is -0.338 e. The van der Waals surface area contributed by atoms with Gasteiger partial charge in [0.1, 0.15) is 0 Å². The molecule has 0 bridgehead atoms. The molecule has 3 heterocycles. The van der Waals surface area contributed by atoms with Crippen LogP contribution in [-0.2, 0) is 0 Å². The summed E-state index contributed by atoms with van der Waals surface area (Å²) in [7, 11) is 0. The molecule has 1 N–H and O–H groups in total. The van der Waals surface area contributed by atoms with Crippen LogP contribution in [0.1, 0.15) is 44.0 Å². The molecule has 1 atom stereocenters. The van der Waals surface area contributed by atoms with Crippen molar-refractivity contribution in [2.75, 3.05) is 24.5 Å². The SMILES string of the molecule is C1CCN(c2noc([C@@H]3CCCN3)n2)CC1.Cl. The van der Waals surface area contributed by atoms with Crippen molar-refractivity contribution in [3.05, 3.63) is 5.89 Å². The third kappa shape index (κ3) is 2.72. The van der Waals surface area contributed by atoms with Crippen LogP contribution in [0.25, 0.3) is 0 Å². The van der Waals surface area contributed by atoms with Gasteiger partial charge in [0.25, 0.3) is 5.95 Å². The molecule has 0 unspecified atom stereocenters. The summed E-state index contributed by atoms with van der Waals surface area (Å²) in [6.07, 6.45) is 6.12. The Labute approximate surface area is 107 Å². The Balaban J connectivity index is 0.00000108. The van der Waals surface area contributed by atoms with E-state index in [4.69, 9.17) is 4.52 Å². The van der Waals surface area contributed by atoms with E-state index in [9.17, 15) is 0 Å². The summed E-state index contributed by atoms with van der Waals surface area (Å²) in [5.41, 5.74) is 0.